The second-order valence-electron chi connectivity index (χ2n) is 6.23. The highest BCUT2D eigenvalue weighted by molar-refractivity contribution is 5.00. The average molecular weight is 239 g/mol. The third kappa shape index (κ3) is 2.25. The Bertz CT molecular complexity index is 257. The summed E-state index contributed by atoms with van der Waals surface area (Å²) in [7, 11) is 0. The molecule has 3 fully saturated rings. The van der Waals surface area contributed by atoms with Crippen molar-refractivity contribution >= 4 is 0 Å². The number of rotatable bonds is 1. The molecule has 2 aliphatic heterocycles. The molecule has 2 heterocycles. The van der Waals surface area contributed by atoms with Gasteiger partial charge >= 0.3 is 0 Å². The quantitative estimate of drug-likeness (QED) is 0.684. The first-order chi connectivity index (χ1) is 8.25. The number of aliphatic hydroxyl groups is 2. The van der Waals surface area contributed by atoms with E-state index in [0.29, 0.717) is 18.1 Å². The minimum Gasteiger partial charge on any atom is -0.393 e. The van der Waals surface area contributed by atoms with Crippen LogP contribution in [0.5, 0.6) is 0 Å². The lowest BCUT2D eigenvalue weighted by atomic mass is 9.94. The van der Waals surface area contributed by atoms with Crippen molar-refractivity contribution in [2.45, 2.75) is 88.1 Å². The molecule has 1 aliphatic carbocycles. The highest BCUT2D eigenvalue weighted by Crippen LogP contribution is 2.40. The lowest BCUT2D eigenvalue weighted by Gasteiger charge is -2.43. The number of nitrogens with zero attached hydrogens (tertiary/aromatic N) is 1. The van der Waals surface area contributed by atoms with Crippen LogP contribution in [0.1, 0.15) is 57.8 Å². The predicted molar refractivity (Wildman–Crippen MR) is 66.8 cm³/mol. The summed E-state index contributed by atoms with van der Waals surface area (Å²) in [6.45, 7) is 0. The van der Waals surface area contributed by atoms with Crippen molar-refractivity contribution in [1.29, 1.82) is 0 Å². The maximum atomic E-state index is 10.3. The fourth-order valence-electron chi connectivity index (χ4n) is 4.34. The summed E-state index contributed by atoms with van der Waals surface area (Å²) in [6, 6.07) is 1.46. The van der Waals surface area contributed by atoms with Crippen LogP contribution in [0, 0.1) is 0 Å². The fourth-order valence-corrected chi connectivity index (χ4v) is 4.34. The Morgan fingerprint density at radius 2 is 1.41 bits per heavy atom. The summed E-state index contributed by atoms with van der Waals surface area (Å²) < 4.78 is 0. The van der Waals surface area contributed by atoms with Crippen molar-refractivity contribution in [2.75, 3.05) is 0 Å². The summed E-state index contributed by atoms with van der Waals surface area (Å²) >= 11 is 0. The van der Waals surface area contributed by atoms with Gasteiger partial charge in [-0.2, -0.15) is 0 Å². The Balaban J connectivity index is 1.74. The van der Waals surface area contributed by atoms with Gasteiger partial charge in [0.25, 0.3) is 0 Å². The molecule has 0 radical (unpaired) electrons. The van der Waals surface area contributed by atoms with E-state index in [1.165, 1.54) is 32.1 Å². The largest absolute Gasteiger partial charge is 0.393 e. The Kier molecular flexibility index (Phi) is 3.42. The zero-order valence-electron chi connectivity index (χ0n) is 10.6. The number of fused-ring (bicyclic) bond motifs is 2. The first-order valence-electron chi connectivity index (χ1n) is 7.39. The highest BCUT2D eigenvalue weighted by atomic mass is 16.3. The number of hydrogen-bond acceptors (Lipinski definition) is 3. The molecule has 2 saturated heterocycles. The maximum Gasteiger partial charge on any atom is 0.0695 e. The van der Waals surface area contributed by atoms with Crippen molar-refractivity contribution < 1.29 is 10.2 Å². The smallest absolute Gasteiger partial charge is 0.0695 e. The van der Waals surface area contributed by atoms with Crippen molar-refractivity contribution in [3.05, 3.63) is 0 Å². The zero-order chi connectivity index (χ0) is 11.8. The van der Waals surface area contributed by atoms with E-state index in [4.69, 9.17) is 0 Å². The first-order valence-corrected chi connectivity index (χ1v) is 7.39. The van der Waals surface area contributed by atoms with Gasteiger partial charge in [0, 0.05) is 18.1 Å². The Labute approximate surface area is 104 Å². The summed E-state index contributed by atoms with van der Waals surface area (Å²) in [6.07, 6.45) is 9.95. The third-order valence-corrected chi connectivity index (χ3v) is 5.09. The van der Waals surface area contributed by atoms with Crippen LogP contribution < -0.4 is 0 Å². The molecular weight excluding hydrogens is 214 g/mol. The minimum absolute atomic E-state index is 0.0910. The van der Waals surface area contributed by atoms with Crippen LogP contribution in [0.25, 0.3) is 0 Å². The molecule has 4 unspecified atom stereocenters. The average Bonchev–Trinajstić information content (AvgIpc) is 2.50. The molecule has 3 heteroatoms. The Hall–Kier alpha value is -0.120. The number of piperidine rings is 1. The highest BCUT2D eigenvalue weighted by Gasteiger charge is 2.45. The molecule has 0 aromatic heterocycles. The summed E-state index contributed by atoms with van der Waals surface area (Å²) in [4.78, 5) is 2.59. The van der Waals surface area contributed by atoms with Crippen LogP contribution in [0.15, 0.2) is 0 Å². The Morgan fingerprint density at radius 1 is 0.765 bits per heavy atom. The van der Waals surface area contributed by atoms with Gasteiger partial charge in [0.1, 0.15) is 0 Å². The van der Waals surface area contributed by atoms with Gasteiger partial charge in [-0.05, 0) is 38.5 Å². The van der Waals surface area contributed by atoms with E-state index in [2.05, 4.69) is 4.90 Å². The predicted octanol–water partition coefficient (Wildman–Crippen LogP) is 1.67. The van der Waals surface area contributed by atoms with Crippen molar-refractivity contribution in [1.82, 2.24) is 4.90 Å². The molecule has 98 valence electrons. The molecule has 3 rings (SSSR count). The van der Waals surface area contributed by atoms with Crippen molar-refractivity contribution in [3.8, 4) is 0 Å². The van der Waals surface area contributed by atoms with Crippen LogP contribution in [0.4, 0.5) is 0 Å². The maximum absolute atomic E-state index is 10.3. The fraction of sp³-hybridized carbons (Fsp3) is 1.00. The van der Waals surface area contributed by atoms with Crippen molar-refractivity contribution in [3.63, 3.8) is 0 Å². The SMILES string of the molecule is OC1CC2CCC(C1)N2C1CCCCCC1O. The Morgan fingerprint density at radius 3 is 2.12 bits per heavy atom. The molecular formula is C14H25NO2. The van der Waals surface area contributed by atoms with Gasteiger partial charge in [-0.3, -0.25) is 4.90 Å². The molecule has 3 aliphatic rings. The van der Waals surface area contributed by atoms with Crippen molar-refractivity contribution in [2.24, 2.45) is 0 Å². The normalized spacial score (nSPS) is 48.0. The van der Waals surface area contributed by atoms with Gasteiger partial charge in [-0.15, -0.1) is 0 Å². The molecule has 0 spiro atoms. The van der Waals surface area contributed by atoms with E-state index < -0.39 is 0 Å². The van der Waals surface area contributed by atoms with E-state index >= 15 is 0 Å². The van der Waals surface area contributed by atoms with Gasteiger partial charge in [0.2, 0.25) is 0 Å². The van der Waals surface area contributed by atoms with Crippen LogP contribution in [-0.2, 0) is 0 Å². The minimum atomic E-state index is -0.129. The molecule has 0 aromatic rings. The molecule has 2 N–H and O–H groups in total. The monoisotopic (exact) mass is 239 g/mol. The summed E-state index contributed by atoms with van der Waals surface area (Å²) in [5.41, 5.74) is 0. The molecule has 0 amide bonds. The molecule has 0 aromatic carbocycles. The van der Waals surface area contributed by atoms with Crippen LogP contribution in [0.2, 0.25) is 0 Å². The lowest BCUT2D eigenvalue weighted by molar-refractivity contribution is -0.0343. The second-order valence-corrected chi connectivity index (χ2v) is 6.23. The van der Waals surface area contributed by atoms with E-state index in [0.717, 1.165) is 25.7 Å². The van der Waals surface area contributed by atoms with Gasteiger partial charge in [-0.25, -0.2) is 0 Å². The third-order valence-electron chi connectivity index (χ3n) is 5.09. The van der Waals surface area contributed by atoms with Gasteiger partial charge < -0.3 is 10.2 Å². The number of aliphatic hydroxyl groups excluding tert-OH is 2. The summed E-state index contributed by atoms with van der Waals surface area (Å²) in [5, 5.41) is 20.2. The van der Waals surface area contributed by atoms with Gasteiger partial charge in [0.05, 0.1) is 12.2 Å². The lowest BCUT2D eigenvalue weighted by Crippen LogP contribution is -2.53. The van der Waals surface area contributed by atoms with E-state index in [-0.39, 0.29) is 12.2 Å². The molecule has 2 bridgehead atoms. The second kappa shape index (κ2) is 4.87. The van der Waals surface area contributed by atoms with Crippen LogP contribution in [0.3, 0.4) is 0 Å². The summed E-state index contributed by atoms with van der Waals surface area (Å²) in [5.74, 6) is 0. The molecule has 1 saturated carbocycles. The zero-order valence-corrected chi connectivity index (χ0v) is 10.6. The van der Waals surface area contributed by atoms with E-state index in [1.54, 1.807) is 0 Å². The topological polar surface area (TPSA) is 43.7 Å². The van der Waals surface area contributed by atoms with E-state index in [1.807, 2.05) is 0 Å². The molecule has 4 atom stereocenters. The molecule has 3 nitrogen and oxygen atoms in total. The van der Waals surface area contributed by atoms with Gasteiger partial charge in [0.15, 0.2) is 0 Å². The van der Waals surface area contributed by atoms with E-state index in [9.17, 15) is 10.2 Å². The van der Waals surface area contributed by atoms with Crippen LogP contribution >= 0.6 is 0 Å². The van der Waals surface area contributed by atoms with Gasteiger partial charge in [-0.1, -0.05) is 19.3 Å². The first kappa shape index (κ1) is 11.9. The molecule has 17 heavy (non-hydrogen) atoms. The van der Waals surface area contributed by atoms with Crippen LogP contribution in [-0.4, -0.2) is 45.4 Å². The standard InChI is InChI=1S/C14H25NO2/c16-12-8-10-6-7-11(9-12)15(10)13-4-2-1-3-5-14(13)17/h10-14,16-17H,1-9H2. The number of hydrogen-bond donors (Lipinski definition) is 2.